The fourth-order valence-electron chi connectivity index (χ4n) is 3.29. The van der Waals surface area contributed by atoms with Crippen molar-refractivity contribution in [2.75, 3.05) is 7.11 Å². The van der Waals surface area contributed by atoms with Gasteiger partial charge in [-0.2, -0.15) is 0 Å². The molecule has 2 nitrogen and oxygen atoms in total. The van der Waals surface area contributed by atoms with Gasteiger partial charge in [-0.1, -0.05) is 19.1 Å². The van der Waals surface area contributed by atoms with E-state index in [2.05, 4.69) is 25.1 Å². The van der Waals surface area contributed by atoms with Gasteiger partial charge >= 0.3 is 0 Å². The van der Waals surface area contributed by atoms with Gasteiger partial charge in [-0.3, -0.25) is 4.79 Å². The molecule has 94 valence electrons. The van der Waals surface area contributed by atoms with Gasteiger partial charge in [0, 0.05) is 12.3 Å². The van der Waals surface area contributed by atoms with Crippen molar-refractivity contribution < 1.29 is 9.53 Å². The van der Waals surface area contributed by atoms with Crippen molar-refractivity contribution in [2.45, 2.75) is 32.1 Å². The third kappa shape index (κ3) is 1.67. The Morgan fingerprint density at radius 1 is 1.39 bits per heavy atom. The van der Waals surface area contributed by atoms with Crippen molar-refractivity contribution >= 4 is 5.78 Å². The summed E-state index contributed by atoms with van der Waals surface area (Å²) in [6.07, 6.45) is 6.72. The minimum absolute atomic E-state index is 0.148. The molecule has 0 heterocycles. The van der Waals surface area contributed by atoms with Gasteiger partial charge in [0.05, 0.1) is 7.11 Å². The van der Waals surface area contributed by atoms with Crippen LogP contribution in [0.1, 0.15) is 36.8 Å². The van der Waals surface area contributed by atoms with Crippen LogP contribution in [0.5, 0.6) is 5.75 Å². The standard InChI is InChI=1S/C16H18O2/c1-16-7-5-11-9-13(18-2)3-4-14(11)15(16)10-12(17)6-8-16/h3-4,6,8-9,15H,5,7,10H2,1-2H3/t15-,16+/m1/s1. The van der Waals surface area contributed by atoms with Gasteiger partial charge < -0.3 is 4.74 Å². The zero-order valence-electron chi connectivity index (χ0n) is 10.9. The molecule has 1 aromatic rings. The summed E-state index contributed by atoms with van der Waals surface area (Å²) in [5, 5.41) is 0. The Morgan fingerprint density at radius 2 is 2.22 bits per heavy atom. The molecule has 0 saturated heterocycles. The molecule has 1 aromatic carbocycles. The first kappa shape index (κ1) is 11.5. The highest BCUT2D eigenvalue weighted by molar-refractivity contribution is 5.91. The first-order valence-electron chi connectivity index (χ1n) is 6.51. The second-order valence-corrected chi connectivity index (χ2v) is 5.63. The molecule has 2 aliphatic rings. The van der Waals surface area contributed by atoms with E-state index in [9.17, 15) is 4.79 Å². The van der Waals surface area contributed by atoms with E-state index < -0.39 is 0 Å². The Bertz CT molecular complexity index is 530. The minimum Gasteiger partial charge on any atom is -0.497 e. The van der Waals surface area contributed by atoms with E-state index in [4.69, 9.17) is 4.74 Å². The number of ketones is 1. The molecule has 2 aliphatic carbocycles. The lowest BCUT2D eigenvalue weighted by Gasteiger charge is -2.42. The summed E-state index contributed by atoms with van der Waals surface area (Å²) in [7, 11) is 1.70. The molecule has 0 aliphatic heterocycles. The number of ether oxygens (including phenoxy) is 1. The number of fused-ring (bicyclic) bond motifs is 3. The van der Waals surface area contributed by atoms with Crippen LogP contribution in [0, 0.1) is 5.41 Å². The summed E-state index contributed by atoms with van der Waals surface area (Å²) in [6, 6.07) is 6.27. The number of benzene rings is 1. The van der Waals surface area contributed by atoms with E-state index in [0.717, 1.165) is 18.6 Å². The fourth-order valence-corrected chi connectivity index (χ4v) is 3.29. The predicted molar refractivity (Wildman–Crippen MR) is 70.9 cm³/mol. The van der Waals surface area contributed by atoms with Crippen molar-refractivity contribution in [1.82, 2.24) is 0 Å². The van der Waals surface area contributed by atoms with Crippen LogP contribution in [0.2, 0.25) is 0 Å². The Labute approximate surface area is 108 Å². The van der Waals surface area contributed by atoms with Crippen LogP contribution in [-0.4, -0.2) is 12.9 Å². The third-order valence-electron chi connectivity index (χ3n) is 4.51. The van der Waals surface area contributed by atoms with Crippen LogP contribution < -0.4 is 4.74 Å². The highest BCUT2D eigenvalue weighted by Gasteiger charge is 2.40. The number of hydrogen-bond acceptors (Lipinski definition) is 2. The molecule has 0 N–H and O–H groups in total. The average molecular weight is 242 g/mol. The minimum atomic E-state index is 0.148. The third-order valence-corrected chi connectivity index (χ3v) is 4.51. The fraction of sp³-hybridized carbons (Fsp3) is 0.438. The van der Waals surface area contributed by atoms with Crippen molar-refractivity contribution in [3.8, 4) is 5.75 Å². The summed E-state index contributed by atoms with van der Waals surface area (Å²) >= 11 is 0. The molecular weight excluding hydrogens is 224 g/mol. The molecule has 18 heavy (non-hydrogen) atoms. The smallest absolute Gasteiger partial charge is 0.156 e. The zero-order chi connectivity index (χ0) is 12.8. The summed E-state index contributed by atoms with van der Waals surface area (Å²) in [4.78, 5) is 11.7. The van der Waals surface area contributed by atoms with Crippen LogP contribution in [0.25, 0.3) is 0 Å². The van der Waals surface area contributed by atoms with Crippen molar-refractivity contribution in [3.05, 3.63) is 41.5 Å². The van der Waals surface area contributed by atoms with Gasteiger partial charge in [0.25, 0.3) is 0 Å². The predicted octanol–water partition coefficient (Wildman–Crippen LogP) is 3.26. The van der Waals surface area contributed by atoms with Crippen molar-refractivity contribution in [3.63, 3.8) is 0 Å². The number of methoxy groups -OCH3 is 1. The Hall–Kier alpha value is -1.57. The summed E-state index contributed by atoms with van der Waals surface area (Å²) < 4.78 is 5.28. The molecule has 0 fully saturated rings. The Balaban J connectivity index is 2.07. The highest BCUT2D eigenvalue weighted by atomic mass is 16.5. The molecule has 0 bridgehead atoms. The van der Waals surface area contributed by atoms with Crippen LogP contribution >= 0.6 is 0 Å². The molecule has 3 rings (SSSR count). The molecule has 2 heteroatoms. The maximum Gasteiger partial charge on any atom is 0.156 e. The van der Waals surface area contributed by atoms with Crippen LogP contribution in [0.15, 0.2) is 30.4 Å². The maximum absolute atomic E-state index is 11.7. The monoisotopic (exact) mass is 242 g/mol. The van der Waals surface area contributed by atoms with Gasteiger partial charge in [-0.05, 0) is 47.6 Å². The van der Waals surface area contributed by atoms with E-state index in [1.165, 1.54) is 11.1 Å². The molecule has 2 atom stereocenters. The zero-order valence-corrected chi connectivity index (χ0v) is 10.9. The van der Waals surface area contributed by atoms with Crippen molar-refractivity contribution in [2.24, 2.45) is 5.41 Å². The van der Waals surface area contributed by atoms with E-state index in [1.807, 2.05) is 6.07 Å². The second-order valence-electron chi connectivity index (χ2n) is 5.63. The van der Waals surface area contributed by atoms with Crippen LogP contribution in [0.4, 0.5) is 0 Å². The van der Waals surface area contributed by atoms with Crippen LogP contribution in [0.3, 0.4) is 0 Å². The largest absolute Gasteiger partial charge is 0.497 e. The number of carbonyl (C=O) groups excluding carboxylic acids is 1. The molecule has 0 aromatic heterocycles. The van der Waals surface area contributed by atoms with E-state index in [-0.39, 0.29) is 11.2 Å². The SMILES string of the molecule is COc1ccc2c(c1)CC[C@@]1(C)C=CC(=O)C[C@H]21. The summed E-state index contributed by atoms with van der Waals surface area (Å²) in [6.45, 7) is 2.27. The average Bonchev–Trinajstić information content (AvgIpc) is 2.39. The first-order chi connectivity index (χ1) is 8.62. The van der Waals surface area contributed by atoms with Gasteiger partial charge in [-0.25, -0.2) is 0 Å². The molecule has 0 saturated carbocycles. The molecule has 0 spiro atoms. The Morgan fingerprint density at radius 3 is 3.00 bits per heavy atom. The number of aryl methyl sites for hydroxylation is 1. The Kier molecular flexibility index (Phi) is 2.54. The van der Waals surface area contributed by atoms with E-state index in [1.54, 1.807) is 13.2 Å². The van der Waals surface area contributed by atoms with Gasteiger partial charge in [0.2, 0.25) is 0 Å². The quantitative estimate of drug-likeness (QED) is 0.755. The number of allylic oxidation sites excluding steroid dienone is 2. The van der Waals surface area contributed by atoms with Gasteiger partial charge in [0.1, 0.15) is 5.75 Å². The lowest BCUT2D eigenvalue weighted by Crippen LogP contribution is -2.33. The summed E-state index contributed by atoms with van der Waals surface area (Å²) in [5.41, 5.74) is 2.83. The number of carbonyl (C=O) groups is 1. The number of hydrogen-bond donors (Lipinski definition) is 0. The van der Waals surface area contributed by atoms with Crippen LogP contribution in [-0.2, 0) is 11.2 Å². The van der Waals surface area contributed by atoms with Gasteiger partial charge in [0.15, 0.2) is 5.78 Å². The molecule has 0 radical (unpaired) electrons. The topological polar surface area (TPSA) is 26.3 Å². The lowest BCUT2D eigenvalue weighted by atomic mass is 9.61. The molecule has 0 unspecified atom stereocenters. The highest BCUT2D eigenvalue weighted by Crippen LogP contribution is 2.50. The second kappa shape index (κ2) is 3.98. The van der Waals surface area contributed by atoms with Gasteiger partial charge in [-0.15, -0.1) is 0 Å². The number of rotatable bonds is 1. The van der Waals surface area contributed by atoms with Crippen molar-refractivity contribution in [1.29, 1.82) is 0 Å². The summed E-state index contributed by atoms with van der Waals surface area (Å²) in [5.74, 6) is 1.50. The first-order valence-corrected chi connectivity index (χ1v) is 6.51. The lowest BCUT2D eigenvalue weighted by molar-refractivity contribution is -0.116. The van der Waals surface area contributed by atoms with E-state index in [0.29, 0.717) is 12.3 Å². The molecular formula is C16H18O2. The normalized spacial score (nSPS) is 29.7. The maximum atomic E-state index is 11.7. The molecule has 0 amide bonds. The van der Waals surface area contributed by atoms with E-state index >= 15 is 0 Å².